The van der Waals surface area contributed by atoms with Crippen molar-refractivity contribution in [3.05, 3.63) is 32.9 Å². The third-order valence-corrected chi connectivity index (χ3v) is 8.95. The predicted octanol–water partition coefficient (Wildman–Crippen LogP) is 3.87. The highest BCUT2D eigenvalue weighted by Crippen LogP contribution is 2.36. The lowest BCUT2D eigenvalue weighted by atomic mass is 10.0. The minimum atomic E-state index is -3.64. The Labute approximate surface area is 157 Å². The number of carbonyl (C=O) groups excluding carboxylic acids is 1. The third kappa shape index (κ3) is 4.26. The standard InChI is InChI=1S/C15H18BrNO4S3/c1-15(14(18)17-19,24(2,20)21)9-3-4-10-5-6-11(22-10)12-7-8-13(16)23-12/h5-8,19H,3-4,9H2,1-2H3,(H,17,18). The van der Waals surface area contributed by atoms with Crippen LogP contribution in [0.1, 0.15) is 24.6 Å². The van der Waals surface area contributed by atoms with Crippen LogP contribution in [0.3, 0.4) is 0 Å². The highest BCUT2D eigenvalue weighted by molar-refractivity contribution is 9.11. The normalized spacial score (nSPS) is 14.3. The van der Waals surface area contributed by atoms with E-state index in [1.807, 2.05) is 12.1 Å². The molecule has 0 aliphatic heterocycles. The number of carbonyl (C=O) groups is 1. The molecular formula is C15H18BrNO4S3. The van der Waals surface area contributed by atoms with E-state index in [2.05, 4.69) is 28.1 Å². The number of hydrogen-bond acceptors (Lipinski definition) is 6. The second-order valence-corrected chi connectivity index (χ2v) is 11.7. The Morgan fingerprint density at radius 1 is 1.25 bits per heavy atom. The monoisotopic (exact) mass is 451 g/mol. The van der Waals surface area contributed by atoms with Crippen molar-refractivity contribution in [2.75, 3.05) is 6.26 Å². The molecule has 0 aliphatic rings. The molecule has 0 saturated heterocycles. The molecule has 1 atom stereocenters. The van der Waals surface area contributed by atoms with E-state index in [0.29, 0.717) is 12.8 Å². The first-order valence-corrected chi connectivity index (χ1v) is 11.5. The summed E-state index contributed by atoms with van der Waals surface area (Å²) in [7, 11) is -3.64. The summed E-state index contributed by atoms with van der Waals surface area (Å²) in [6.45, 7) is 1.34. The average Bonchev–Trinajstić information content (AvgIpc) is 3.13. The largest absolute Gasteiger partial charge is 0.289 e. The van der Waals surface area contributed by atoms with E-state index in [-0.39, 0.29) is 6.42 Å². The fourth-order valence-electron chi connectivity index (χ4n) is 2.28. The van der Waals surface area contributed by atoms with Crippen molar-refractivity contribution < 1.29 is 18.4 Å². The van der Waals surface area contributed by atoms with Crippen molar-refractivity contribution in [2.45, 2.75) is 30.9 Å². The fraction of sp³-hybridized carbons (Fsp3) is 0.400. The SMILES string of the molecule is CC(CCCc1ccc(-c2ccc(Br)s2)s1)(C(=O)NO)S(C)(=O)=O. The first-order valence-electron chi connectivity index (χ1n) is 7.16. The maximum absolute atomic E-state index is 11.9. The van der Waals surface area contributed by atoms with Crippen LogP contribution in [-0.4, -0.2) is 30.5 Å². The van der Waals surface area contributed by atoms with Gasteiger partial charge in [-0.05, 0) is 66.4 Å². The molecule has 9 heteroatoms. The van der Waals surface area contributed by atoms with Crippen molar-refractivity contribution in [1.82, 2.24) is 5.48 Å². The number of hydroxylamine groups is 1. The summed E-state index contributed by atoms with van der Waals surface area (Å²) in [5, 5.41) is 8.82. The van der Waals surface area contributed by atoms with Gasteiger partial charge in [-0.3, -0.25) is 10.0 Å². The number of amides is 1. The van der Waals surface area contributed by atoms with Crippen molar-refractivity contribution in [3.63, 3.8) is 0 Å². The van der Waals surface area contributed by atoms with Gasteiger partial charge in [0.1, 0.15) is 4.75 Å². The zero-order chi connectivity index (χ0) is 18.0. The molecule has 2 aromatic heterocycles. The van der Waals surface area contributed by atoms with Crippen LogP contribution >= 0.6 is 38.6 Å². The Balaban J connectivity index is 2.03. The molecule has 24 heavy (non-hydrogen) atoms. The molecule has 1 amide bonds. The van der Waals surface area contributed by atoms with Gasteiger partial charge < -0.3 is 0 Å². The molecule has 0 spiro atoms. The molecule has 2 N–H and O–H groups in total. The van der Waals surface area contributed by atoms with Crippen LogP contribution in [-0.2, 0) is 21.1 Å². The quantitative estimate of drug-likeness (QED) is 0.494. The number of hydrogen-bond donors (Lipinski definition) is 2. The summed E-state index contributed by atoms with van der Waals surface area (Å²) in [6.07, 6.45) is 2.38. The van der Waals surface area contributed by atoms with Crippen molar-refractivity contribution in [3.8, 4) is 9.75 Å². The molecule has 0 aliphatic carbocycles. The Morgan fingerprint density at radius 2 is 1.88 bits per heavy atom. The Kier molecular flexibility index (Phi) is 6.24. The van der Waals surface area contributed by atoms with E-state index in [0.717, 1.165) is 14.9 Å². The lowest BCUT2D eigenvalue weighted by Gasteiger charge is -2.24. The molecule has 0 radical (unpaired) electrons. The molecule has 2 aromatic rings. The van der Waals surface area contributed by atoms with E-state index in [4.69, 9.17) is 5.21 Å². The summed E-state index contributed by atoms with van der Waals surface area (Å²) in [4.78, 5) is 15.3. The predicted molar refractivity (Wildman–Crippen MR) is 101 cm³/mol. The highest BCUT2D eigenvalue weighted by atomic mass is 79.9. The average molecular weight is 452 g/mol. The zero-order valence-corrected chi connectivity index (χ0v) is 17.2. The number of thiophene rings is 2. The van der Waals surface area contributed by atoms with Crippen LogP contribution in [0.5, 0.6) is 0 Å². The lowest BCUT2D eigenvalue weighted by molar-refractivity contribution is -0.131. The molecule has 1 unspecified atom stereocenters. The topological polar surface area (TPSA) is 83.5 Å². The molecule has 2 heterocycles. The van der Waals surface area contributed by atoms with Crippen LogP contribution in [0.15, 0.2) is 28.1 Å². The van der Waals surface area contributed by atoms with E-state index in [1.165, 1.54) is 22.2 Å². The van der Waals surface area contributed by atoms with E-state index < -0.39 is 20.5 Å². The van der Waals surface area contributed by atoms with Crippen LogP contribution in [0.4, 0.5) is 0 Å². The number of sulfone groups is 1. The van der Waals surface area contributed by atoms with Crippen LogP contribution in [0, 0.1) is 0 Å². The van der Waals surface area contributed by atoms with Gasteiger partial charge in [-0.2, -0.15) is 0 Å². The fourth-order valence-corrected chi connectivity index (χ4v) is 5.70. The molecule has 2 rings (SSSR count). The maximum atomic E-state index is 11.9. The van der Waals surface area contributed by atoms with Gasteiger partial charge in [-0.1, -0.05) is 0 Å². The van der Waals surface area contributed by atoms with Gasteiger partial charge in [0.25, 0.3) is 5.91 Å². The molecular weight excluding hydrogens is 434 g/mol. The molecule has 0 bridgehead atoms. The molecule has 5 nitrogen and oxygen atoms in total. The molecule has 0 aromatic carbocycles. The molecule has 0 fully saturated rings. The van der Waals surface area contributed by atoms with E-state index in [9.17, 15) is 13.2 Å². The third-order valence-electron chi connectivity index (χ3n) is 3.95. The van der Waals surface area contributed by atoms with Gasteiger partial charge in [0.15, 0.2) is 9.84 Å². The maximum Gasteiger partial charge on any atom is 0.264 e. The second kappa shape index (κ2) is 7.65. The van der Waals surface area contributed by atoms with Crippen molar-refractivity contribution in [2.24, 2.45) is 0 Å². The minimum Gasteiger partial charge on any atom is -0.289 e. The van der Waals surface area contributed by atoms with Gasteiger partial charge in [0.05, 0.1) is 3.79 Å². The zero-order valence-electron chi connectivity index (χ0n) is 13.2. The minimum absolute atomic E-state index is 0.149. The van der Waals surface area contributed by atoms with Crippen LogP contribution in [0.25, 0.3) is 9.75 Å². The summed E-state index contributed by atoms with van der Waals surface area (Å²) in [5.74, 6) is -0.889. The first kappa shape index (κ1) is 19.6. The van der Waals surface area contributed by atoms with Gasteiger partial charge in [-0.15, -0.1) is 22.7 Å². The number of halogens is 1. The molecule has 132 valence electrons. The molecule has 0 saturated carbocycles. The van der Waals surface area contributed by atoms with Gasteiger partial charge >= 0.3 is 0 Å². The first-order chi connectivity index (χ1) is 11.2. The van der Waals surface area contributed by atoms with Gasteiger partial charge in [-0.25, -0.2) is 13.9 Å². The Bertz CT molecular complexity index is 827. The van der Waals surface area contributed by atoms with Gasteiger partial charge in [0.2, 0.25) is 0 Å². The van der Waals surface area contributed by atoms with Crippen LogP contribution < -0.4 is 5.48 Å². The van der Waals surface area contributed by atoms with E-state index in [1.54, 1.807) is 22.7 Å². The van der Waals surface area contributed by atoms with E-state index >= 15 is 0 Å². The van der Waals surface area contributed by atoms with Crippen molar-refractivity contribution in [1.29, 1.82) is 0 Å². The summed E-state index contributed by atoms with van der Waals surface area (Å²) < 4.78 is 23.3. The summed E-state index contributed by atoms with van der Waals surface area (Å²) in [5.41, 5.74) is 1.47. The lowest BCUT2D eigenvalue weighted by Crippen LogP contribution is -2.49. The Hall–Kier alpha value is -0.740. The number of nitrogens with one attached hydrogen (secondary N) is 1. The number of aryl methyl sites for hydroxylation is 1. The summed E-state index contributed by atoms with van der Waals surface area (Å²) in [6, 6.07) is 8.13. The van der Waals surface area contributed by atoms with Gasteiger partial charge in [0, 0.05) is 20.9 Å². The smallest absolute Gasteiger partial charge is 0.264 e. The number of rotatable bonds is 7. The highest BCUT2D eigenvalue weighted by Gasteiger charge is 2.42. The summed E-state index contributed by atoms with van der Waals surface area (Å²) >= 11 is 6.77. The van der Waals surface area contributed by atoms with Crippen molar-refractivity contribution >= 4 is 54.3 Å². The Morgan fingerprint density at radius 3 is 2.42 bits per heavy atom. The van der Waals surface area contributed by atoms with Crippen LogP contribution in [0.2, 0.25) is 0 Å². The second-order valence-electron chi connectivity index (χ2n) is 5.67.